The van der Waals surface area contributed by atoms with Crippen LogP contribution in [0.4, 0.5) is 0 Å². The van der Waals surface area contributed by atoms with Gasteiger partial charge in [-0.15, -0.1) is 0 Å². The highest BCUT2D eigenvalue weighted by atomic mass is 29.9. The molecule has 1 aromatic rings. The number of carbonyl (C=O) groups excluding carboxylic acids is 1. The molecule has 3 atom stereocenters. The lowest BCUT2D eigenvalue weighted by molar-refractivity contribution is -0.151. The molecule has 0 saturated heterocycles. The quantitative estimate of drug-likeness (QED) is 0.297. The average molecular weight is 453 g/mol. The van der Waals surface area contributed by atoms with Crippen molar-refractivity contribution in [1.82, 2.24) is 0 Å². The van der Waals surface area contributed by atoms with Crippen molar-refractivity contribution in [3.05, 3.63) is 30.3 Å². The van der Waals surface area contributed by atoms with Gasteiger partial charge in [0.1, 0.15) is 5.75 Å². The molecule has 3 nitrogen and oxygen atoms in total. The molecule has 0 aliphatic heterocycles. The zero-order valence-electron chi connectivity index (χ0n) is 19.6. The fourth-order valence-electron chi connectivity index (χ4n) is 6.09. The van der Waals surface area contributed by atoms with Gasteiger partial charge >= 0.3 is 5.97 Å². The Hall–Kier alpha value is -0.482. The van der Waals surface area contributed by atoms with Gasteiger partial charge in [0.25, 0.3) is 0 Å². The van der Waals surface area contributed by atoms with Gasteiger partial charge in [-0.1, -0.05) is 84.0 Å². The SMILES string of the molecule is C[C@@H]1C[C@H](C(=O)Oc2ccccc2)[C@H]1O[Si]([Si](C)(C)C)([Si](C)(C)C)[Si](C)(C)C. The molecule has 1 aliphatic rings. The van der Waals surface area contributed by atoms with E-state index in [0.29, 0.717) is 11.7 Å². The van der Waals surface area contributed by atoms with Gasteiger partial charge in [-0.3, -0.25) is 4.79 Å². The lowest BCUT2D eigenvalue weighted by atomic mass is 9.73. The predicted octanol–water partition coefficient (Wildman–Crippen LogP) is 5.83. The molecule has 0 unspecified atom stereocenters. The molecule has 1 saturated carbocycles. The van der Waals surface area contributed by atoms with Crippen molar-refractivity contribution >= 4 is 35.6 Å². The van der Waals surface area contributed by atoms with Crippen LogP contribution in [0.2, 0.25) is 58.9 Å². The molecule has 0 amide bonds. The van der Waals surface area contributed by atoms with Gasteiger partial charge < -0.3 is 9.16 Å². The topological polar surface area (TPSA) is 35.5 Å². The molecule has 1 aromatic carbocycles. The van der Waals surface area contributed by atoms with Crippen LogP contribution in [0.3, 0.4) is 0 Å². The van der Waals surface area contributed by atoms with Gasteiger partial charge in [-0.05, 0) is 24.5 Å². The van der Waals surface area contributed by atoms with E-state index in [2.05, 4.69) is 65.8 Å². The highest BCUT2D eigenvalue weighted by molar-refractivity contribution is 7.87. The van der Waals surface area contributed by atoms with Crippen LogP contribution in [0, 0.1) is 11.8 Å². The molecule has 1 aliphatic carbocycles. The first-order chi connectivity index (χ1) is 12.6. The predicted molar refractivity (Wildman–Crippen MR) is 130 cm³/mol. The number of carbonyl (C=O) groups is 1. The summed E-state index contributed by atoms with van der Waals surface area (Å²) in [6, 6.07) is 9.44. The van der Waals surface area contributed by atoms with E-state index in [1.54, 1.807) is 0 Å². The fraction of sp³-hybridized carbons (Fsp3) is 0.667. The Morgan fingerprint density at radius 2 is 1.32 bits per heavy atom. The third kappa shape index (κ3) is 4.33. The number of hydrogen-bond donors (Lipinski definition) is 0. The van der Waals surface area contributed by atoms with Crippen molar-refractivity contribution < 1.29 is 14.0 Å². The molecule has 7 heteroatoms. The second kappa shape index (κ2) is 7.98. The summed E-state index contributed by atoms with van der Waals surface area (Å²) in [5.41, 5.74) is 0. The molecule has 28 heavy (non-hydrogen) atoms. The van der Waals surface area contributed by atoms with Crippen LogP contribution in [0.1, 0.15) is 13.3 Å². The first-order valence-corrected chi connectivity index (χ1v) is 26.0. The number of hydrogen-bond acceptors (Lipinski definition) is 3. The second-order valence-electron chi connectivity index (χ2n) is 11.6. The zero-order chi connectivity index (χ0) is 21.5. The first kappa shape index (κ1) is 23.8. The minimum Gasteiger partial charge on any atom is -0.426 e. The van der Waals surface area contributed by atoms with E-state index in [9.17, 15) is 4.79 Å². The molecule has 0 radical (unpaired) electrons. The second-order valence-corrected chi connectivity index (χ2v) is 51.0. The van der Waals surface area contributed by atoms with Gasteiger partial charge in [0, 0.05) is 0 Å². The third-order valence-electron chi connectivity index (χ3n) is 6.33. The van der Waals surface area contributed by atoms with Crippen LogP contribution < -0.4 is 4.74 Å². The van der Waals surface area contributed by atoms with Crippen LogP contribution in [-0.4, -0.2) is 41.7 Å². The molecule has 0 aromatic heterocycles. The smallest absolute Gasteiger partial charge is 0.316 e. The van der Waals surface area contributed by atoms with Crippen molar-refractivity contribution in [3.63, 3.8) is 0 Å². The van der Waals surface area contributed by atoms with E-state index in [-0.39, 0.29) is 18.0 Å². The van der Waals surface area contributed by atoms with E-state index >= 15 is 0 Å². The van der Waals surface area contributed by atoms with Crippen LogP contribution >= 0.6 is 0 Å². The normalized spacial score (nSPS) is 23.9. The number of esters is 1. The van der Waals surface area contributed by atoms with Crippen LogP contribution in [-0.2, 0) is 9.22 Å². The Bertz CT molecular complexity index is 650. The summed E-state index contributed by atoms with van der Waals surface area (Å²) in [4.78, 5) is 12.9. The summed E-state index contributed by atoms with van der Waals surface area (Å²) in [7, 11) is -4.60. The highest BCUT2D eigenvalue weighted by Crippen LogP contribution is 2.45. The lowest BCUT2D eigenvalue weighted by Crippen LogP contribution is -2.85. The maximum Gasteiger partial charge on any atom is 0.316 e. The standard InChI is InChI=1S/C21H40O3Si4/c1-17-16-19(21(22)23-18-14-12-11-13-15-18)20(17)24-28(25(2,3)4,26(5,6)7)27(8,9)10/h11-15,17,19-20H,16H2,1-10H3/t17-,19+,20+/m1/s1. The lowest BCUT2D eigenvalue weighted by Gasteiger charge is -2.60. The van der Waals surface area contributed by atoms with E-state index in [4.69, 9.17) is 9.16 Å². The van der Waals surface area contributed by atoms with Gasteiger partial charge in [0.15, 0.2) is 6.87 Å². The summed E-state index contributed by atoms with van der Waals surface area (Å²) < 4.78 is 13.1. The monoisotopic (exact) mass is 452 g/mol. The van der Waals surface area contributed by atoms with E-state index in [1.807, 2.05) is 30.3 Å². The third-order valence-corrected chi connectivity index (χ3v) is 73.9. The van der Waals surface area contributed by atoms with E-state index in [1.165, 1.54) is 0 Å². The number of rotatable bonds is 7. The Morgan fingerprint density at radius 1 is 0.857 bits per heavy atom. The molecular weight excluding hydrogens is 413 g/mol. The maximum atomic E-state index is 12.9. The van der Waals surface area contributed by atoms with Crippen molar-refractivity contribution in [1.29, 1.82) is 0 Å². The molecule has 158 valence electrons. The summed E-state index contributed by atoms with van der Waals surface area (Å²) in [5.74, 6) is 0.837. The maximum absolute atomic E-state index is 12.9. The van der Waals surface area contributed by atoms with Crippen molar-refractivity contribution in [2.75, 3.05) is 0 Å². The molecule has 0 bridgehead atoms. The molecule has 0 N–H and O–H groups in total. The van der Waals surface area contributed by atoms with Crippen molar-refractivity contribution in [3.8, 4) is 5.75 Å². The van der Waals surface area contributed by atoms with Crippen LogP contribution in [0.15, 0.2) is 30.3 Å². The first-order valence-electron chi connectivity index (χ1n) is 10.6. The molecule has 2 rings (SSSR count). The number of ether oxygens (including phenoxy) is 1. The average Bonchev–Trinajstić information content (AvgIpc) is 2.49. The van der Waals surface area contributed by atoms with E-state index < -0.39 is 29.6 Å². The Morgan fingerprint density at radius 3 is 1.71 bits per heavy atom. The molecule has 0 heterocycles. The van der Waals surface area contributed by atoms with Gasteiger partial charge in [-0.2, -0.15) is 0 Å². The minimum absolute atomic E-state index is 0.0352. The van der Waals surface area contributed by atoms with Gasteiger partial charge in [-0.25, -0.2) is 0 Å². The van der Waals surface area contributed by atoms with Gasteiger partial charge in [0.2, 0.25) is 0 Å². The number of para-hydroxylation sites is 1. The Labute approximate surface area is 175 Å². The number of benzene rings is 1. The summed E-state index contributed by atoms with van der Waals surface area (Å²) in [5, 5.41) is 0. The summed E-state index contributed by atoms with van der Waals surface area (Å²) in [6.07, 6.45) is 0.914. The molecule has 0 spiro atoms. The van der Waals surface area contributed by atoms with Crippen LogP contribution in [0.25, 0.3) is 0 Å². The van der Waals surface area contributed by atoms with Crippen molar-refractivity contribution in [2.24, 2.45) is 11.8 Å². The summed E-state index contributed by atoms with van der Waals surface area (Å²) >= 11 is 0. The zero-order valence-corrected chi connectivity index (χ0v) is 23.6. The van der Waals surface area contributed by atoms with Crippen molar-refractivity contribution in [2.45, 2.75) is 78.4 Å². The largest absolute Gasteiger partial charge is 0.426 e. The van der Waals surface area contributed by atoms with Crippen LogP contribution in [0.5, 0.6) is 5.75 Å². The highest BCUT2D eigenvalue weighted by Gasteiger charge is 2.66. The Balaban J connectivity index is 2.33. The minimum atomic E-state index is -1.95. The summed E-state index contributed by atoms with van der Waals surface area (Å²) in [6.45, 7) is 23.0. The molecular formula is C21H40O3Si4. The van der Waals surface area contributed by atoms with Gasteiger partial charge in [0.05, 0.1) is 34.8 Å². The van der Waals surface area contributed by atoms with E-state index in [0.717, 1.165) is 6.42 Å². The fourth-order valence-corrected chi connectivity index (χ4v) is 100. The Kier molecular flexibility index (Phi) is 6.78. The molecule has 1 fully saturated rings.